The first-order chi connectivity index (χ1) is 8.10. The molecule has 5 heteroatoms. The first kappa shape index (κ1) is 12.1. The van der Waals surface area contributed by atoms with Gasteiger partial charge in [0.05, 0.1) is 17.3 Å². The van der Waals surface area contributed by atoms with Gasteiger partial charge in [-0.1, -0.05) is 0 Å². The van der Waals surface area contributed by atoms with Crippen LogP contribution in [0.1, 0.15) is 24.7 Å². The number of aromatic nitrogens is 2. The van der Waals surface area contributed by atoms with E-state index in [4.69, 9.17) is 5.11 Å². The Morgan fingerprint density at radius 3 is 3.00 bits per heavy atom. The Morgan fingerprint density at radius 1 is 1.65 bits per heavy atom. The highest BCUT2D eigenvalue weighted by Crippen LogP contribution is 2.19. The largest absolute Gasteiger partial charge is 0.481 e. The topological polar surface area (TPSA) is 58.4 Å². The zero-order valence-corrected chi connectivity index (χ0v) is 10.4. The quantitative estimate of drug-likeness (QED) is 0.852. The molecular formula is C12H19N3O2. The van der Waals surface area contributed by atoms with Crippen molar-refractivity contribution in [3.63, 3.8) is 0 Å². The fourth-order valence-electron chi connectivity index (χ4n) is 2.41. The molecule has 1 fully saturated rings. The molecule has 5 nitrogen and oxygen atoms in total. The van der Waals surface area contributed by atoms with Crippen LogP contribution in [0.15, 0.2) is 6.07 Å². The van der Waals surface area contributed by atoms with Crippen LogP contribution < -0.4 is 0 Å². The smallest absolute Gasteiger partial charge is 0.307 e. The molecule has 1 aliphatic heterocycles. The fourth-order valence-corrected chi connectivity index (χ4v) is 2.41. The Labute approximate surface area is 101 Å². The van der Waals surface area contributed by atoms with Gasteiger partial charge in [-0.3, -0.25) is 14.4 Å². The van der Waals surface area contributed by atoms with Crippen LogP contribution in [-0.4, -0.2) is 38.8 Å². The molecule has 0 radical (unpaired) electrons. The molecule has 17 heavy (non-hydrogen) atoms. The van der Waals surface area contributed by atoms with Gasteiger partial charge < -0.3 is 5.11 Å². The molecule has 0 bridgehead atoms. The second-order valence-electron chi connectivity index (χ2n) is 4.65. The van der Waals surface area contributed by atoms with Gasteiger partial charge in [0.15, 0.2) is 0 Å². The Balaban J connectivity index is 2.00. The summed E-state index contributed by atoms with van der Waals surface area (Å²) in [4.78, 5) is 13.1. The maximum atomic E-state index is 10.9. The molecule has 0 spiro atoms. The van der Waals surface area contributed by atoms with E-state index in [2.05, 4.69) is 23.0 Å². The Hall–Kier alpha value is -1.36. The lowest BCUT2D eigenvalue weighted by atomic mass is 10.1. The zero-order chi connectivity index (χ0) is 12.4. The maximum Gasteiger partial charge on any atom is 0.307 e. The van der Waals surface area contributed by atoms with Crippen molar-refractivity contribution in [3.05, 3.63) is 17.5 Å². The Bertz CT molecular complexity index is 414. The number of carboxylic acids is 1. The Morgan fingerprint density at radius 2 is 2.41 bits per heavy atom. The molecule has 1 unspecified atom stereocenters. The second-order valence-corrected chi connectivity index (χ2v) is 4.65. The minimum Gasteiger partial charge on any atom is -0.481 e. The molecule has 1 aliphatic rings. The molecular weight excluding hydrogens is 218 g/mol. The normalized spacial score (nSPS) is 20.9. The van der Waals surface area contributed by atoms with Crippen molar-refractivity contribution in [2.75, 3.05) is 13.1 Å². The summed E-state index contributed by atoms with van der Waals surface area (Å²) in [5.74, 6) is -0.873. The van der Waals surface area contributed by atoms with Crippen LogP contribution in [0.2, 0.25) is 0 Å². The van der Waals surface area contributed by atoms with E-state index in [0.29, 0.717) is 6.54 Å². The molecule has 1 N–H and O–H groups in total. The van der Waals surface area contributed by atoms with Crippen LogP contribution >= 0.6 is 0 Å². The van der Waals surface area contributed by atoms with Crippen molar-refractivity contribution in [2.24, 2.45) is 5.92 Å². The molecule has 0 amide bonds. The highest BCUT2D eigenvalue weighted by molar-refractivity contribution is 5.70. The maximum absolute atomic E-state index is 10.9. The first-order valence-corrected chi connectivity index (χ1v) is 6.08. The molecule has 2 rings (SSSR count). The summed E-state index contributed by atoms with van der Waals surface area (Å²) >= 11 is 0. The number of likely N-dealkylation sites (tertiary alicyclic amines) is 1. The average molecular weight is 237 g/mol. The highest BCUT2D eigenvalue weighted by Gasteiger charge is 2.28. The summed E-state index contributed by atoms with van der Waals surface area (Å²) in [5.41, 5.74) is 2.20. The summed E-state index contributed by atoms with van der Waals surface area (Å²) in [5, 5.41) is 13.4. The molecule has 94 valence electrons. The fraction of sp³-hybridized carbons (Fsp3) is 0.667. The van der Waals surface area contributed by atoms with E-state index in [1.807, 2.05) is 11.6 Å². The predicted octanol–water partition coefficient (Wildman–Crippen LogP) is 1.12. The van der Waals surface area contributed by atoms with Crippen molar-refractivity contribution in [1.82, 2.24) is 14.7 Å². The summed E-state index contributed by atoms with van der Waals surface area (Å²) in [7, 11) is 0. The van der Waals surface area contributed by atoms with Gasteiger partial charge in [-0.15, -0.1) is 0 Å². The van der Waals surface area contributed by atoms with Crippen molar-refractivity contribution in [2.45, 2.75) is 33.4 Å². The lowest BCUT2D eigenvalue weighted by Gasteiger charge is -2.15. The van der Waals surface area contributed by atoms with Crippen molar-refractivity contribution in [3.8, 4) is 0 Å². The SMILES string of the molecule is CCn1nc(C)cc1CN1CCC(C(=O)O)C1. The van der Waals surface area contributed by atoms with Gasteiger partial charge in [-0.25, -0.2) is 0 Å². The molecule has 2 heterocycles. The molecule has 1 aromatic heterocycles. The van der Waals surface area contributed by atoms with E-state index >= 15 is 0 Å². The summed E-state index contributed by atoms with van der Waals surface area (Å²) < 4.78 is 1.99. The van der Waals surface area contributed by atoms with Gasteiger partial charge in [0.2, 0.25) is 0 Å². The number of carboxylic acid groups (broad SMARTS) is 1. The van der Waals surface area contributed by atoms with E-state index in [9.17, 15) is 4.79 Å². The molecule has 1 aromatic rings. The standard InChI is InChI=1S/C12H19N3O2/c1-3-15-11(6-9(2)13-15)8-14-5-4-10(7-14)12(16)17/h6,10H,3-5,7-8H2,1-2H3,(H,16,17). The monoisotopic (exact) mass is 237 g/mol. The lowest BCUT2D eigenvalue weighted by molar-refractivity contribution is -0.141. The van der Waals surface area contributed by atoms with Gasteiger partial charge in [0, 0.05) is 19.6 Å². The zero-order valence-electron chi connectivity index (χ0n) is 10.4. The number of rotatable bonds is 4. The summed E-state index contributed by atoms with van der Waals surface area (Å²) in [6.07, 6.45) is 0.759. The van der Waals surface area contributed by atoms with Crippen molar-refractivity contribution < 1.29 is 9.90 Å². The molecule has 1 atom stereocenters. The van der Waals surface area contributed by atoms with Crippen LogP contribution in [-0.2, 0) is 17.9 Å². The van der Waals surface area contributed by atoms with E-state index in [1.54, 1.807) is 0 Å². The third-order valence-corrected chi connectivity index (χ3v) is 3.29. The minimum atomic E-state index is -0.673. The van der Waals surface area contributed by atoms with Crippen LogP contribution in [0.3, 0.4) is 0 Å². The van der Waals surface area contributed by atoms with E-state index < -0.39 is 5.97 Å². The van der Waals surface area contributed by atoms with Gasteiger partial charge >= 0.3 is 5.97 Å². The molecule has 1 saturated heterocycles. The van der Waals surface area contributed by atoms with E-state index in [0.717, 1.165) is 31.7 Å². The van der Waals surface area contributed by atoms with Crippen molar-refractivity contribution >= 4 is 5.97 Å². The van der Waals surface area contributed by atoms with Crippen LogP contribution in [0, 0.1) is 12.8 Å². The number of carbonyl (C=O) groups is 1. The molecule has 0 aliphatic carbocycles. The predicted molar refractivity (Wildman–Crippen MR) is 63.7 cm³/mol. The molecule has 0 aromatic carbocycles. The van der Waals surface area contributed by atoms with Gasteiger partial charge in [0.25, 0.3) is 0 Å². The average Bonchev–Trinajstić information content (AvgIpc) is 2.86. The lowest BCUT2D eigenvalue weighted by Crippen LogP contribution is -2.24. The van der Waals surface area contributed by atoms with E-state index in [-0.39, 0.29) is 5.92 Å². The van der Waals surface area contributed by atoms with Crippen LogP contribution in [0.25, 0.3) is 0 Å². The first-order valence-electron chi connectivity index (χ1n) is 6.08. The van der Waals surface area contributed by atoms with Gasteiger partial charge in [0.1, 0.15) is 0 Å². The number of aliphatic carboxylic acids is 1. The van der Waals surface area contributed by atoms with E-state index in [1.165, 1.54) is 5.69 Å². The van der Waals surface area contributed by atoms with Gasteiger partial charge in [-0.2, -0.15) is 5.10 Å². The van der Waals surface area contributed by atoms with Crippen molar-refractivity contribution in [1.29, 1.82) is 0 Å². The van der Waals surface area contributed by atoms with Crippen LogP contribution in [0.5, 0.6) is 0 Å². The van der Waals surface area contributed by atoms with Crippen LogP contribution in [0.4, 0.5) is 0 Å². The number of aryl methyl sites for hydroxylation is 2. The third kappa shape index (κ3) is 2.66. The third-order valence-electron chi connectivity index (χ3n) is 3.29. The minimum absolute atomic E-state index is 0.200. The Kier molecular flexibility index (Phi) is 3.47. The number of nitrogens with zero attached hydrogens (tertiary/aromatic N) is 3. The summed E-state index contributed by atoms with van der Waals surface area (Å²) in [6, 6.07) is 2.08. The number of hydrogen-bond acceptors (Lipinski definition) is 3. The second kappa shape index (κ2) is 4.87. The highest BCUT2D eigenvalue weighted by atomic mass is 16.4. The summed E-state index contributed by atoms with van der Waals surface area (Å²) in [6.45, 7) is 7.24. The van der Waals surface area contributed by atoms with Gasteiger partial charge in [-0.05, 0) is 32.9 Å². The number of hydrogen-bond donors (Lipinski definition) is 1. The molecule has 0 saturated carbocycles.